The molecule has 1 aliphatic heterocycles. The molecule has 5 nitrogen and oxygen atoms in total. The summed E-state index contributed by atoms with van der Waals surface area (Å²) < 4.78 is 5.42. The van der Waals surface area contributed by atoms with E-state index in [2.05, 4.69) is 15.6 Å². The summed E-state index contributed by atoms with van der Waals surface area (Å²) in [5.74, 6) is 0.413. The summed E-state index contributed by atoms with van der Waals surface area (Å²) in [6.07, 6.45) is 1.87. The third-order valence-electron chi connectivity index (χ3n) is 3.17. The van der Waals surface area contributed by atoms with Crippen molar-refractivity contribution >= 4 is 23.3 Å². The standard InChI is InChI=1S/C13H18ClN3O2/c1-13(4-3-5-19-8-13)17-12(18)9-6-10(14)16-11(7-9)15-2/h6-7H,3-5,8H2,1-2H3,(H,15,16)(H,17,18). The molecule has 2 rings (SSSR count). The van der Waals surface area contributed by atoms with E-state index in [0.29, 0.717) is 23.1 Å². The Kier molecular flexibility index (Phi) is 4.27. The minimum Gasteiger partial charge on any atom is -0.379 e. The average molecular weight is 284 g/mol. The first-order valence-corrected chi connectivity index (χ1v) is 6.66. The van der Waals surface area contributed by atoms with Crippen molar-refractivity contribution in [1.29, 1.82) is 0 Å². The average Bonchev–Trinajstić information content (AvgIpc) is 2.38. The molecule has 1 fully saturated rings. The van der Waals surface area contributed by atoms with Crippen LogP contribution in [0.1, 0.15) is 30.1 Å². The van der Waals surface area contributed by atoms with Crippen LogP contribution in [-0.4, -0.2) is 36.7 Å². The Morgan fingerprint density at radius 2 is 2.32 bits per heavy atom. The molecule has 1 atom stereocenters. The number of carbonyl (C=O) groups excluding carboxylic acids is 1. The molecule has 1 aromatic rings. The van der Waals surface area contributed by atoms with Crippen molar-refractivity contribution < 1.29 is 9.53 Å². The van der Waals surface area contributed by atoms with Gasteiger partial charge in [-0.1, -0.05) is 11.6 Å². The van der Waals surface area contributed by atoms with Crippen LogP contribution in [0.5, 0.6) is 0 Å². The van der Waals surface area contributed by atoms with Crippen LogP contribution in [-0.2, 0) is 4.74 Å². The molecule has 1 saturated heterocycles. The van der Waals surface area contributed by atoms with Crippen LogP contribution in [0.15, 0.2) is 12.1 Å². The second kappa shape index (κ2) is 5.75. The van der Waals surface area contributed by atoms with Gasteiger partial charge in [-0.2, -0.15) is 0 Å². The number of nitrogens with zero attached hydrogens (tertiary/aromatic N) is 1. The van der Waals surface area contributed by atoms with Gasteiger partial charge in [0.2, 0.25) is 0 Å². The third-order valence-corrected chi connectivity index (χ3v) is 3.36. The van der Waals surface area contributed by atoms with E-state index in [1.165, 1.54) is 0 Å². The number of aromatic nitrogens is 1. The van der Waals surface area contributed by atoms with E-state index in [0.717, 1.165) is 19.4 Å². The van der Waals surface area contributed by atoms with Gasteiger partial charge in [0.05, 0.1) is 12.1 Å². The molecule has 0 saturated carbocycles. The minimum atomic E-state index is -0.315. The molecule has 19 heavy (non-hydrogen) atoms. The lowest BCUT2D eigenvalue weighted by Crippen LogP contribution is -2.51. The largest absolute Gasteiger partial charge is 0.379 e. The van der Waals surface area contributed by atoms with Gasteiger partial charge >= 0.3 is 0 Å². The Balaban J connectivity index is 2.13. The van der Waals surface area contributed by atoms with Crippen molar-refractivity contribution in [3.8, 4) is 0 Å². The second-order valence-electron chi connectivity index (χ2n) is 4.98. The van der Waals surface area contributed by atoms with Gasteiger partial charge in [0.15, 0.2) is 0 Å². The SMILES string of the molecule is CNc1cc(C(=O)NC2(C)CCCOC2)cc(Cl)n1. The lowest BCUT2D eigenvalue weighted by molar-refractivity contribution is 0.0272. The normalized spacial score (nSPS) is 22.9. The Hall–Kier alpha value is -1.33. The van der Waals surface area contributed by atoms with Gasteiger partial charge in [-0.05, 0) is 31.9 Å². The maximum Gasteiger partial charge on any atom is 0.252 e. The van der Waals surface area contributed by atoms with E-state index in [1.54, 1.807) is 19.2 Å². The fraction of sp³-hybridized carbons (Fsp3) is 0.538. The van der Waals surface area contributed by atoms with E-state index in [9.17, 15) is 4.79 Å². The number of nitrogens with one attached hydrogen (secondary N) is 2. The van der Waals surface area contributed by atoms with Crippen LogP contribution < -0.4 is 10.6 Å². The summed E-state index contributed by atoms with van der Waals surface area (Å²) in [6, 6.07) is 3.24. The number of halogens is 1. The molecule has 0 spiro atoms. The van der Waals surface area contributed by atoms with Crippen molar-refractivity contribution in [2.75, 3.05) is 25.6 Å². The Morgan fingerprint density at radius 1 is 1.53 bits per heavy atom. The first kappa shape index (κ1) is 14.1. The number of carbonyl (C=O) groups is 1. The molecule has 6 heteroatoms. The van der Waals surface area contributed by atoms with E-state index in [1.807, 2.05) is 6.92 Å². The zero-order chi connectivity index (χ0) is 13.9. The van der Waals surface area contributed by atoms with Crippen molar-refractivity contribution in [3.63, 3.8) is 0 Å². The summed E-state index contributed by atoms with van der Waals surface area (Å²) >= 11 is 5.89. The Morgan fingerprint density at radius 3 is 2.95 bits per heavy atom. The Labute approximate surface area is 117 Å². The molecule has 0 radical (unpaired) electrons. The van der Waals surface area contributed by atoms with Gasteiger partial charge in [-0.3, -0.25) is 4.79 Å². The smallest absolute Gasteiger partial charge is 0.252 e. The Bertz CT molecular complexity index is 473. The number of hydrogen-bond donors (Lipinski definition) is 2. The highest BCUT2D eigenvalue weighted by Crippen LogP contribution is 2.20. The summed E-state index contributed by atoms with van der Waals surface area (Å²) in [4.78, 5) is 16.3. The van der Waals surface area contributed by atoms with Crippen LogP contribution >= 0.6 is 11.6 Å². The highest BCUT2D eigenvalue weighted by molar-refractivity contribution is 6.29. The molecule has 2 heterocycles. The molecule has 0 bridgehead atoms. The molecule has 1 aromatic heterocycles. The van der Waals surface area contributed by atoms with Gasteiger partial charge in [0, 0.05) is 19.2 Å². The molecule has 104 valence electrons. The predicted molar refractivity (Wildman–Crippen MR) is 74.7 cm³/mol. The molecule has 1 unspecified atom stereocenters. The van der Waals surface area contributed by atoms with Gasteiger partial charge < -0.3 is 15.4 Å². The van der Waals surface area contributed by atoms with Crippen LogP contribution in [0.4, 0.5) is 5.82 Å². The molecule has 1 aliphatic rings. The number of ether oxygens (including phenoxy) is 1. The van der Waals surface area contributed by atoms with Crippen LogP contribution in [0.25, 0.3) is 0 Å². The highest BCUT2D eigenvalue weighted by atomic mass is 35.5. The zero-order valence-electron chi connectivity index (χ0n) is 11.1. The third kappa shape index (κ3) is 3.58. The number of amides is 1. The number of pyridine rings is 1. The maximum atomic E-state index is 12.3. The lowest BCUT2D eigenvalue weighted by atomic mass is 9.94. The highest BCUT2D eigenvalue weighted by Gasteiger charge is 2.29. The van der Waals surface area contributed by atoms with Crippen LogP contribution in [0.3, 0.4) is 0 Å². The summed E-state index contributed by atoms with van der Waals surface area (Å²) in [6.45, 7) is 3.29. The van der Waals surface area contributed by atoms with Gasteiger partial charge in [-0.15, -0.1) is 0 Å². The monoisotopic (exact) mass is 283 g/mol. The first-order chi connectivity index (χ1) is 9.02. The van der Waals surface area contributed by atoms with E-state index < -0.39 is 0 Å². The van der Waals surface area contributed by atoms with Crippen molar-refractivity contribution in [3.05, 3.63) is 22.8 Å². The minimum absolute atomic E-state index is 0.159. The van der Waals surface area contributed by atoms with Gasteiger partial charge in [0.25, 0.3) is 5.91 Å². The number of anilines is 1. The molecular weight excluding hydrogens is 266 g/mol. The second-order valence-corrected chi connectivity index (χ2v) is 5.37. The maximum absolute atomic E-state index is 12.3. The van der Waals surface area contributed by atoms with E-state index in [4.69, 9.17) is 16.3 Å². The van der Waals surface area contributed by atoms with Gasteiger partial charge in [-0.25, -0.2) is 4.98 Å². The van der Waals surface area contributed by atoms with Crippen LogP contribution in [0, 0.1) is 0 Å². The molecule has 2 N–H and O–H groups in total. The topological polar surface area (TPSA) is 63.2 Å². The van der Waals surface area contributed by atoms with Gasteiger partial charge in [0.1, 0.15) is 11.0 Å². The summed E-state index contributed by atoms with van der Waals surface area (Å²) in [5.41, 5.74) is 0.182. The molecule has 1 amide bonds. The quantitative estimate of drug-likeness (QED) is 0.834. The lowest BCUT2D eigenvalue weighted by Gasteiger charge is -2.34. The first-order valence-electron chi connectivity index (χ1n) is 6.28. The molecular formula is C13H18ClN3O2. The van der Waals surface area contributed by atoms with Crippen molar-refractivity contribution in [1.82, 2.24) is 10.3 Å². The summed E-state index contributed by atoms with van der Waals surface area (Å²) in [7, 11) is 1.73. The van der Waals surface area contributed by atoms with Crippen molar-refractivity contribution in [2.24, 2.45) is 0 Å². The number of rotatable bonds is 3. The predicted octanol–water partition coefficient (Wildman–Crippen LogP) is 2.08. The number of hydrogen-bond acceptors (Lipinski definition) is 4. The fourth-order valence-corrected chi connectivity index (χ4v) is 2.34. The molecule has 0 aliphatic carbocycles. The zero-order valence-corrected chi connectivity index (χ0v) is 11.9. The van der Waals surface area contributed by atoms with E-state index >= 15 is 0 Å². The molecule has 0 aromatic carbocycles. The van der Waals surface area contributed by atoms with E-state index in [-0.39, 0.29) is 11.4 Å². The summed E-state index contributed by atoms with van der Waals surface area (Å²) in [5, 5.41) is 6.18. The van der Waals surface area contributed by atoms with Crippen LogP contribution in [0.2, 0.25) is 5.15 Å². The van der Waals surface area contributed by atoms with Crippen molar-refractivity contribution in [2.45, 2.75) is 25.3 Å². The fourth-order valence-electron chi connectivity index (χ4n) is 2.13.